The van der Waals surface area contributed by atoms with Gasteiger partial charge in [0.05, 0.1) is 7.11 Å². The number of nitrogens with one attached hydrogen (secondary N) is 1. The highest BCUT2D eigenvalue weighted by atomic mass is 16.5. The normalized spacial score (nSPS) is 10.5. The molecule has 0 fully saturated rings. The predicted octanol–water partition coefficient (Wildman–Crippen LogP) is 4.00. The first-order valence-corrected chi connectivity index (χ1v) is 7.91. The van der Waals surface area contributed by atoms with Crippen LogP contribution in [0, 0.1) is 0 Å². The molecule has 25 heavy (non-hydrogen) atoms. The number of ether oxygens (including phenoxy) is 2. The molecule has 0 bridgehead atoms. The smallest absolute Gasteiger partial charge is 0.272 e. The number of aromatic nitrogens is 1. The first-order chi connectivity index (χ1) is 12.1. The van der Waals surface area contributed by atoms with E-state index in [-0.39, 0.29) is 5.91 Å². The van der Waals surface area contributed by atoms with Crippen molar-refractivity contribution in [3.05, 3.63) is 66.9 Å². The minimum Gasteiger partial charge on any atom is -0.497 e. The van der Waals surface area contributed by atoms with Crippen molar-refractivity contribution >= 4 is 22.5 Å². The van der Waals surface area contributed by atoms with Crippen LogP contribution in [0.4, 0.5) is 5.69 Å². The molecule has 0 spiro atoms. The monoisotopic (exact) mass is 336 g/mol. The molecule has 1 heterocycles. The average Bonchev–Trinajstić information content (AvgIpc) is 2.97. The van der Waals surface area contributed by atoms with E-state index in [2.05, 4.69) is 11.9 Å². The zero-order valence-corrected chi connectivity index (χ0v) is 14.3. The summed E-state index contributed by atoms with van der Waals surface area (Å²) in [6.45, 7) is 4.06. The Hall–Kier alpha value is -3.21. The van der Waals surface area contributed by atoms with Crippen LogP contribution < -0.4 is 14.8 Å². The summed E-state index contributed by atoms with van der Waals surface area (Å²) < 4.78 is 12.5. The van der Waals surface area contributed by atoms with Gasteiger partial charge in [0.2, 0.25) is 0 Å². The second-order valence-corrected chi connectivity index (χ2v) is 5.59. The molecule has 0 radical (unpaired) electrons. The molecule has 0 aliphatic rings. The number of aryl methyl sites for hydroxylation is 1. The van der Waals surface area contributed by atoms with Crippen LogP contribution in [0.3, 0.4) is 0 Å². The van der Waals surface area contributed by atoms with Crippen LogP contribution in [0.2, 0.25) is 0 Å². The fraction of sp³-hybridized carbons (Fsp3) is 0.150. The van der Waals surface area contributed by atoms with Crippen molar-refractivity contribution in [2.75, 3.05) is 19.0 Å². The second kappa shape index (κ2) is 7.13. The van der Waals surface area contributed by atoms with E-state index in [0.717, 1.165) is 22.4 Å². The minimum absolute atomic E-state index is 0.169. The van der Waals surface area contributed by atoms with Gasteiger partial charge < -0.3 is 19.4 Å². The molecule has 2 aromatic carbocycles. The highest BCUT2D eigenvalue weighted by Gasteiger charge is 2.14. The molecule has 3 aromatic rings. The van der Waals surface area contributed by atoms with Crippen molar-refractivity contribution in [2.24, 2.45) is 7.05 Å². The molecular formula is C20H20N2O3. The number of carbonyl (C=O) groups excluding carboxylic acids is 1. The highest BCUT2D eigenvalue weighted by Crippen LogP contribution is 2.24. The summed E-state index contributed by atoms with van der Waals surface area (Å²) in [5.74, 6) is 1.33. The molecule has 0 saturated carbocycles. The Morgan fingerprint density at radius 1 is 1.16 bits per heavy atom. The number of fused-ring (bicyclic) bond motifs is 1. The molecule has 0 saturated heterocycles. The van der Waals surface area contributed by atoms with Crippen molar-refractivity contribution in [3.8, 4) is 11.5 Å². The predicted molar refractivity (Wildman–Crippen MR) is 99.6 cm³/mol. The number of anilines is 1. The summed E-state index contributed by atoms with van der Waals surface area (Å²) in [5.41, 5.74) is 2.26. The number of nitrogens with zero attached hydrogens (tertiary/aromatic N) is 1. The molecule has 0 aliphatic carbocycles. The van der Waals surface area contributed by atoms with Gasteiger partial charge in [0.1, 0.15) is 23.8 Å². The molecular weight excluding hydrogens is 316 g/mol. The summed E-state index contributed by atoms with van der Waals surface area (Å²) >= 11 is 0. The standard InChI is InChI=1S/C20H20N2O3/c1-4-11-25-16-7-5-15(6-8-16)21-20(23)19-13-14-12-17(24-3)9-10-18(14)22(19)2/h4-10,12-13H,1,11H2,2-3H3,(H,21,23). The quantitative estimate of drug-likeness (QED) is 0.692. The van der Waals surface area contributed by atoms with Gasteiger partial charge in [0.15, 0.2) is 0 Å². The average molecular weight is 336 g/mol. The van der Waals surface area contributed by atoms with Gasteiger partial charge in [-0.15, -0.1) is 0 Å². The van der Waals surface area contributed by atoms with Crippen LogP contribution in [0.1, 0.15) is 10.5 Å². The van der Waals surface area contributed by atoms with Gasteiger partial charge in [-0.2, -0.15) is 0 Å². The van der Waals surface area contributed by atoms with Crippen molar-refractivity contribution in [1.29, 1.82) is 0 Å². The molecule has 5 heteroatoms. The van der Waals surface area contributed by atoms with E-state index in [4.69, 9.17) is 9.47 Å². The fourth-order valence-electron chi connectivity index (χ4n) is 2.66. The van der Waals surface area contributed by atoms with Crippen LogP contribution in [0.15, 0.2) is 61.2 Å². The topological polar surface area (TPSA) is 52.5 Å². The minimum atomic E-state index is -0.169. The largest absolute Gasteiger partial charge is 0.497 e. The highest BCUT2D eigenvalue weighted by molar-refractivity contribution is 6.06. The molecule has 0 atom stereocenters. The Bertz CT molecular complexity index is 911. The lowest BCUT2D eigenvalue weighted by molar-refractivity contribution is 0.101. The molecule has 1 amide bonds. The number of rotatable bonds is 6. The van der Waals surface area contributed by atoms with Crippen LogP contribution in [0.25, 0.3) is 10.9 Å². The van der Waals surface area contributed by atoms with Gasteiger partial charge in [-0.1, -0.05) is 12.7 Å². The Balaban J connectivity index is 1.80. The lowest BCUT2D eigenvalue weighted by Crippen LogP contribution is -2.15. The number of hydrogen-bond donors (Lipinski definition) is 1. The van der Waals surface area contributed by atoms with E-state index in [9.17, 15) is 4.79 Å². The van der Waals surface area contributed by atoms with Gasteiger partial charge in [-0.3, -0.25) is 4.79 Å². The van der Waals surface area contributed by atoms with Gasteiger partial charge in [0, 0.05) is 23.6 Å². The number of carbonyl (C=O) groups is 1. The molecule has 3 rings (SSSR count). The molecule has 0 unspecified atom stereocenters. The summed E-state index contributed by atoms with van der Waals surface area (Å²) in [5, 5.41) is 3.86. The van der Waals surface area contributed by atoms with Gasteiger partial charge in [0.25, 0.3) is 5.91 Å². The summed E-state index contributed by atoms with van der Waals surface area (Å²) in [4.78, 5) is 12.6. The Labute approximate surface area is 146 Å². The maximum Gasteiger partial charge on any atom is 0.272 e. The first-order valence-electron chi connectivity index (χ1n) is 7.91. The van der Waals surface area contributed by atoms with Crippen LogP contribution >= 0.6 is 0 Å². The third-order valence-electron chi connectivity index (χ3n) is 3.96. The van der Waals surface area contributed by atoms with E-state index in [1.165, 1.54) is 0 Å². The molecule has 0 aliphatic heterocycles. The van der Waals surface area contributed by atoms with E-state index in [1.807, 2.05) is 60.1 Å². The van der Waals surface area contributed by atoms with E-state index in [0.29, 0.717) is 18.0 Å². The van der Waals surface area contributed by atoms with Crippen molar-refractivity contribution in [3.63, 3.8) is 0 Å². The van der Waals surface area contributed by atoms with Gasteiger partial charge in [-0.25, -0.2) is 0 Å². The van der Waals surface area contributed by atoms with Crippen molar-refractivity contribution in [1.82, 2.24) is 4.57 Å². The van der Waals surface area contributed by atoms with Crippen LogP contribution in [-0.2, 0) is 7.05 Å². The molecule has 1 N–H and O–H groups in total. The maximum absolute atomic E-state index is 12.6. The zero-order valence-electron chi connectivity index (χ0n) is 14.3. The molecule has 128 valence electrons. The van der Waals surface area contributed by atoms with Gasteiger partial charge >= 0.3 is 0 Å². The van der Waals surface area contributed by atoms with Gasteiger partial charge in [-0.05, 0) is 48.5 Å². The van der Waals surface area contributed by atoms with Crippen LogP contribution in [0.5, 0.6) is 11.5 Å². The third kappa shape index (κ3) is 3.50. The number of benzene rings is 2. The van der Waals surface area contributed by atoms with E-state index >= 15 is 0 Å². The SMILES string of the molecule is C=CCOc1ccc(NC(=O)c2cc3cc(OC)ccc3n2C)cc1. The summed E-state index contributed by atoms with van der Waals surface area (Å²) in [7, 11) is 3.50. The Morgan fingerprint density at radius 2 is 1.88 bits per heavy atom. The maximum atomic E-state index is 12.6. The van der Waals surface area contributed by atoms with E-state index in [1.54, 1.807) is 13.2 Å². The Morgan fingerprint density at radius 3 is 2.56 bits per heavy atom. The lowest BCUT2D eigenvalue weighted by atomic mass is 10.2. The molecule has 5 nitrogen and oxygen atoms in total. The fourth-order valence-corrected chi connectivity index (χ4v) is 2.66. The summed E-state index contributed by atoms with van der Waals surface area (Å²) in [6.07, 6.45) is 1.69. The number of amides is 1. The van der Waals surface area contributed by atoms with Crippen molar-refractivity contribution in [2.45, 2.75) is 0 Å². The third-order valence-corrected chi connectivity index (χ3v) is 3.96. The van der Waals surface area contributed by atoms with Crippen molar-refractivity contribution < 1.29 is 14.3 Å². The second-order valence-electron chi connectivity index (χ2n) is 5.59. The number of methoxy groups -OCH3 is 1. The van der Waals surface area contributed by atoms with E-state index < -0.39 is 0 Å². The summed E-state index contributed by atoms with van der Waals surface area (Å²) in [6, 6.07) is 14.8. The number of hydrogen-bond acceptors (Lipinski definition) is 3. The lowest BCUT2D eigenvalue weighted by Gasteiger charge is -2.08. The molecule has 1 aromatic heterocycles. The zero-order chi connectivity index (χ0) is 17.8. The van der Waals surface area contributed by atoms with Crippen LogP contribution in [-0.4, -0.2) is 24.2 Å². The Kier molecular flexibility index (Phi) is 4.75. The first kappa shape index (κ1) is 16.6.